The summed E-state index contributed by atoms with van der Waals surface area (Å²) in [6.07, 6.45) is 7.11. The number of ether oxygens (including phenoxy) is 3. The number of ketones is 1. The number of phenolic OH excluding ortho intramolecular Hbond substituents is 1. The van der Waals surface area contributed by atoms with Gasteiger partial charge in [-0.1, -0.05) is 42.3 Å². The third-order valence-electron chi connectivity index (χ3n) is 10.6. The van der Waals surface area contributed by atoms with Crippen LogP contribution in [-0.4, -0.2) is 66.2 Å². The minimum atomic E-state index is -0.100. The molecule has 3 aromatic carbocycles. The molecule has 3 atom stereocenters. The van der Waals surface area contributed by atoms with Crippen LogP contribution in [0.25, 0.3) is 0 Å². The van der Waals surface area contributed by atoms with E-state index >= 15 is 0 Å². The Morgan fingerprint density at radius 2 is 1.77 bits per heavy atom. The van der Waals surface area contributed by atoms with Crippen molar-refractivity contribution in [3.05, 3.63) is 94.0 Å². The SMILES string of the molecule is CC12CCC3C(=CCc4cc(O)ccc43)C1CCC2=O.Cl.O=C(COc1ccc(Cl)cc1)N1CCN(Cc2ccc3c(c2)OCO3)CC1. The topological polar surface area (TPSA) is 88.5 Å². The predicted octanol–water partition coefficient (Wildman–Crippen LogP) is 6.95. The van der Waals surface area contributed by atoms with Gasteiger partial charge >= 0.3 is 0 Å². The van der Waals surface area contributed by atoms with Crippen LogP contribution >= 0.6 is 24.0 Å². The van der Waals surface area contributed by atoms with E-state index in [2.05, 4.69) is 30.0 Å². The summed E-state index contributed by atoms with van der Waals surface area (Å²) in [5.74, 6) is 4.02. The molecule has 1 saturated heterocycles. The number of halogens is 2. The van der Waals surface area contributed by atoms with Crippen LogP contribution in [0.4, 0.5) is 0 Å². The number of phenols is 1. The molecule has 3 aromatic rings. The molecule has 0 spiro atoms. The van der Waals surface area contributed by atoms with Crippen LogP contribution in [0, 0.1) is 11.3 Å². The molecule has 2 aliphatic heterocycles. The molecular weight excluding hydrogens is 651 g/mol. The van der Waals surface area contributed by atoms with Crippen molar-refractivity contribution in [2.24, 2.45) is 11.3 Å². The van der Waals surface area contributed by atoms with Crippen molar-refractivity contribution in [3.8, 4) is 23.0 Å². The minimum Gasteiger partial charge on any atom is -0.508 e. The number of carbonyl (C=O) groups excluding carboxylic acids is 2. The van der Waals surface area contributed by atoms with Gasteiger partial charge in [0.1, 0.15) is 17.3 Å². The van der Waals surface area contributed by atoms with Crippen molar-refractivity contribution < 1.29 is 28.9 Å². The molecule has 3 fully saturated rings. The summed E-state index contributed by atoms with van der Waals surface area (Å²) in [5.41, 5.74) is 5.22. The number of hydrogen-bond donors (Lipinski definition) is 1. The molecule has 48 heavy (non-hydrogen) atoms. The molecule has 5 aliphatic rings. The number of benzene rings is 3. The molecule has 0 radical (unpaired) electrons. The van der Waals surface area contributed by atoms with Gasteiger partial charge in [-0.2, -0.15) is 0 Å². The van der Waals surface area contributed by atoms with Crippen LogP contribution in [0.3, 0.4) is 0 Å². The fourth-order valence-electron chi connectivity index (χ4n) is 7.95. The Morgan fingerprint density at radius 1 is 1.00 bits per heavy atom. The van der Waals surface area contributed by atoms with Crippen LogP contribution in [0.2, 0.25) is 5.02 Å². The second-order valence-corrected chi connectivity index (χ2v) is 13.8. The minimum absolute atomic E-state index is 0. The zero-order chi connectivity index (χ0) is 32.5. The standard InChI is InChI=1S/C20H21ClN2O4.C18H20O2.ClH/c21-16-2-4-17(5-3-16)25-13-20(24)23-9-7-22(8-10-23)12-15-1-6-18-19(11-15)27-14-26-18;1-18-9-8-14-13-5-3-12(19)10-11(13)2-4-15(14)16(18)6-7-17(18)20;/h1-6,11H,7-10,12-14H2;3-5,10,14,16,19H,2,6-9H2,1H3;1H. The van der Waals surface area contributed by atoms with Gasteiger partial charge < -0.3 is 24.2 Å². The highest BCUT2D eigenvalue weighted by Crippen LogP contribution is 2.58. The number of rotatable bonds is 5. The van der Waals surface area contributed by atoms with Gasteiger partial charge in [-0.15, -0.1) is 12.4 Å². The van der Waals surface area contributed by atoms with Gasteiger partial charge in [-0.3, -0.25) is 14.5 Å². The normalized spacial score (nSPS) is 23.8. The van der Waals surface area contributed by atoms with Crippen LogP contribution in [-0.2, 0) is 22.6 Å². The Kier molecular flexibility index (Phi) is 10.3. The summed E-state index contributed by atoms with van der Waals surface area (Å²) in [6, 6.07) is 18.8. The van der Waals surface area contributed by atoms with E-state index in [9.17, 15) is 14.7 Å². The predicted molar refractivity (Wildman–Crippen MR) is 186 cm³/mol. The molecule has 1 amide bonds. The second kappa shape index (κ2) is 14.4. The molecule has 2 heterocycles. The van der Waals surface area contributed by atoms with E-state index in [-0.39, 0.29) is 37.1 Å². The Labute approximate surface area is 293 Å². The average molecular weight is 694 g/mol. The molecule has 8 nitrogen and oxygen atoms in total. The Morgan fingerprint density at radius 3 is 2.56 bits per heavy atom. The monoisotopic (exact) mass is 692 g/mol. The molecule has 0 bridgehead atoms. The van der Waals surface area contributed by atoms with Crippen LogP contribution in [0.15, 0.2) is 72.3 Å². The smallest absolute Gasteiger partial charge is 0.260 e. The van der Waals surface area contributed by atoms with E-state index in [1.807, 2.05) is 23.1 Å². The summed E-state index contributed by atoms with van der Waals surface area (Å²) in [5, 5.41) is 10.3. The highest BCUT2D eigenvalue weighted by atomic mass is 35.5. The van der Waals surface area contributed by atoms with Crippen LogP contribution < -0.4 is 14.2 Å². The fraction of sp³-hybridized carbons (Fsp3) is 0.421. The Hall–Kier alpha value is -3.72. The molecule has 254 valence electrons. The zero-order valence-electron chi connectivity index (χ0n) is 27.2. The quantitative estimate of drug-likeness (QED) is 0.290. The molecule has 3 aliphatic carbocycles. The van der Waals surface area contributed by atoms with Crippen molar-refractivity contribution in [1.29, 1.82) is 0 Å². The maximum atomic E-state index is 12.4. The third kappa shape index (κ3) is 7.02. The van der Waals surface area contributed by atoms with Crippen molar-refractivity contribution in [3.63, 3.8) is 0 Å². The lowest BCUT2D eigenvalue weighted by Gasteiger charge is -2.43. The molecule has 3 unspecified atom stereocenters. The second-order valence-electron chi connectivity index (χ2n) is 13.4. The fourth-order valence-corrected chi connectivity index (χ4v) is 8.08. The van der Waals surface area contributed by atoms with E-state index in [1.54, 1.807) is 30.3 Å². The first-order valence-corrected chi connectivity index (χ1v) is 17.0. The summed E-state index contributed by atoms with van der Waals surface area (Å²) >= 11 is 5.85. The van der Waals surface area contributed by atoms with Crippen LogP contribution in [0.1, 0.15) is 55.2 Å². The first kappa shape index (κ1) is 34.2. The van der Waals surface area contributed by atoms with E-state index in [1.165, 1.54) is 22.3 Å². The molecule has 2 saturated carbocycles. The largest absolute Gasteiger partial charge is 0.508 e. The van der Waals surface area contributed by atoms with Crippen molar-refractivity contribution in [2.45, 2.75) is 51.5 Å². The summed E-state index contributed by atoms with van der Waals surface area (Å²) < 4.78 is 16.3. The van der Waals surface area contributed by atoms with E-state index in [4.69, 9.17) is 25.8 Å². The van der Waals surface area contributed by atoms with Crippen molar-refractivity contribution >= 4 is 35.7 Å². The zero-order valence-corrected chi connectivity index (χ0v) is 28.7. The van der Waals surface area contributed by atoms with Gasteiger partial charge in [0.15, 0.2) is 18.1 Å². The number of aromatic hydroxyl groups is 1. The van der Waals surface area contributed by atoms with E-state index in [0.29, 0.717) is 47.2 Å². The first-order chi connectivity index (χ1) is 22.8. The van der Waals surface area contributed by atoms with Crippen LogP contribution in [0.5, 0.6) is 23.0 Å². The lowest BCUT2D eigenvalue weighted by Crippen LogP contribution is -2.49. The maximum Gasteiger partial charge on any atom is 0.260 e. The van der Waals surface area contributed by atoms with E-state index in [0.717, 1.165) is 63.2 Å². The van der Waals surface area contributed by atoms with Gasteiger partial charge in [-0.25, -0.2) is 0 Å². The number of amides is 1. The number of carbonyl (C=O) groups is 2. The lowest BCUT2D eigenvalue weighted by molar-refractivity contribution is -0.135. The summed E-state index contributed by atoms with van der Waals surface area (Å²) in [6.45, 7) is 6.42. The van der Waals surface area contributed by atoms with Crippen molar-refractivity contribution in [1.82, 2.24) is 9.80 Å². The number of allylic oxidation sites excluding steroid dienone is 2. The molecule has 1 N–H and O–H groups in total. The number of hydrogen-bond acceptors (Lipinski definition) is 7. The van der Waals surface area contributed by atoms with Gasteiger partial charge in [-0.05, 0) is 96.8 Å². The number of nitrogens with zero attached hydrogens (tertiary/aromatic N) is 2. The average Bonchev–Trinajstić information content (AvgIpc) is 3.68. The number of Topliss-reactive ketones (excluding diaryl/α,β-unsaturated/α-hetero) is 1. The Bertz CT molecular complexity index is 1690. The van der Waals surface area contributed by atoms with Gasteiger partial charge in [0, 0.05) is 55.5 Å². The molecule has 0 aromatic heterocycles. The maximum absolute atomic E-state index is 12.4. The number of fused-ring (bicyclic) bond motifs is 6. The number of piperazine rings is 1. The van der Waals surface area contributed by atoms with E-state index < -0.39 is 0 Å². The lowest BCUT2D eigenvalue weighted by atomic mass is 9.60. The van der Waals surface area contributed by atoms with Gasteiger partial charge in [0.25, 0.3) is 5.91 Å². The van der Waals surface area contributed by atoms with Gasteiger partial charge in [0.05, 0.1) is 0 Å². The molecule has 8 rings (SSSR count). The molecular formula is C38H42Cl2N2O6. The van der Waals surface area contributed by atoms with Crippen molar-refractivity contribution in [2.75, 3.05) is 39.6 Å². The highest BCUT2D eigenvalue weighted by molar-refractivity contribution is 6.30. The Balaban J connectivity index is 0.000000170. The molecule has 10 heteroatoms. The highest BCUT2D eigenvalue weighted by Gasteiger charge is 2.52. The summed E-state index contributed by atoms with van der Waals surface area (Å²) in [4.78, 5) is 28.8. The summed E-state index contributed by atoms with van der Waals surface area (Å²) in [7, 11) is 0. The van der Waals surface area contributed by atoms with Gasteiger partial charge in [0.2, 0.25) is 6.79 Å². The first-order valence-electron chi connectivity index (χ1n) is 16.6. The third-order valence-corrected chi connectivity index (χ3v) is 10.9.